The van der Waals surface area contributed by atoms with Crippen LogP contribution in [0.5, 0.6) is 0 Å². The van der Waals surface area contributed by atoms with E-state index in [9.17, 15) is 4.79 Å². The van der Waals surface area contributed by atoms with Crippen LogP contribution in [-0.4, -0.2) is 32.0 Å². The smallest absolute Gasteiger partial charge is 0.163 e. The molecule has 1 aliphatic carbocycles. The molecule has 3 heteroatoms. The second-order valence-electron chi connectivity index (χ2n) is 7.78. The lowest BCUT2D eigenvalue weighted by atomic mass is 10.1. The third kappa shape index (κ3) is 5.21. The molecule has 2 aromatic rings. The highest BCUT2D eigenvalue weighted by molar-refractivity contribution is 6.05. The monoisotopic (exact) mass is 402 g/mol. The van der Waals surface area contributed by atoms with Crippen molar-refractivity contribution in [3.8, 4) is 0 Å². The van der Waals surface area contributed by atoms with Crippen LogP contribution >= 0.6 is 0 Å². The topological polar surface area (TPSA) is 23.6 Å². The van der Waals surface area contributed by atoms with Gasteiger partial charge in [0.1, 0.15) is 0 Å². The van der Waals surface area contributed by atoms with Gasteiger partial charge in [-0.25, -0.2) is 0 Å². The highest BCUT2D eigenvalue weighted by Crippen LogP contribution is 2.30. The Balaban J connectivity index is 1.71. The van der Waals surface area contributed by atoms with Gasteiger partial charge >= 0.3 is 0 Å². The third-order valence-electron chi connectivity index (χ3n) is 5.92. The summed E-state index contributed by atoms with van der Waals surface area (Å²) < 4.78 is 0. The van der Waals surface area contributed by atoms with Crippen LogP contribution in [-0.2, 0) is 4.79 Å². The first-order valence-corrected chi connectivity index (χ1v) is 11.2. The van der Waals surface area contributed by atoms with Crippen LogP contribution in [0.4, 0.5) is 11.4 Å². The number of Topliss-reactive ketones (excluding diaryl/α,β-unsaturated/α-hetero) is 1. The molecule has 0 radical (unpaired) electrons. The molecule has 3 nitrogen and oxygen atoms in total. The van der Waals surface area contributed by atoms with Crippen LogP contribution in [0.3, 0.4) is 0 Å². The van der Waals surface area contributed by atoms with Crippen molar-refractivity contribution in [1.82, 2.24) is 0 Å². The van der Waals surface area contributed by atoms with Crippen molar-refractivity contribution in [3.63, 3.8) is 0 Å². The number of anilines is 2. The van der Waals surface area contributed by atoms with Crippen LogP contribution in [0.2, 0.25) is 0 Å². The predicted molar refractivity (Wildman–Crippen MR) is 130 cm³/mol. The minimum atomic E-state index is 0.244. The predicted octanol–water partition coefficient (Wildman–Crippen LogP) is 6.21. The van der Waals surface area contributed by atoms with Crippen molar-refractivity contribution in [2.45, 2.75) is 40.5 Å². The molecular weight excluding hydrogens is 368 g/mol. The van der Waals surface area contributed by atoms with E-state index in [2.05, 4.69) is 98.2 Å². The van der Waals surface area contributed by atoms with E-state index in [0.29, 0.717) is 6.42 Å². The van der Waals surface area contributed by atoms with Gasteiger partial charge < -0.3 is 9.80 Å². The SMILES string of the molecule is CCN(CC)c1ccc(/C=C2/CC(=O)/C(=C/c3ccc(N(CC)CC)cc3)C2)cc1. The maximum absolute atomic E-state index is 12.5. The molecule has 0 aromatic heterocycles. The molecule has 0 N–H and O–H groups in total. The van der Waals surface area contributed by atoms with Crippen LogP contribution in [0.1, 0.15) is 51.7 Å². The summed E-state index contributed by atoms with van der Waals surface area (Å²) in [6.07, 6.45) is 5.50. The summed E-state index contributed by atoms with van der Waals surface area (Å²) in [5, 5.41) is 0. The van der Waals surface area contributed by atoms with Crippen LogP contribution < -0.4 is 9.80 Å². The molecule has 1 aliphatic rings. The molecule has 158 valence electrons. The molecule has 1 saturated carbocycles. The lowest BCUT2D eigenvalue weighted by Crippen LogP contribution is -2.21. The van der Waals surface area contributed by atoms with E-state index in [1.165, 1.54) is 22.5 Å². The van der Waals surface area contributed by atoms with Crippen LogP contribution in [0, 0.1) is 0 Å². The normalized spacial score (nSPS) is 16.5. The molecule has 0 unspecified atom stereocenters. The number of ketones is 1. The van der Waals surface area contributed by atoms with E-state index in [1.807, 2.05) is 0 Å². The van der Waals surface area contributed by atoms with Gasteiger partial charge in [-0.2, -0.15) is 0 Å². The summed E-state index contributed by atoms with van der Waals surface area (Å²) in [5.41, 5.74) is 6.85. The summed E-state index contributed by atoms with van der Waals surface area (Å²) in [6.45, 7) is 12.7. The Morgan fingerprint density at radius 1 is 0.667 bits per heavy atom. The average molecular weight is 403 g/mol. The molecule has 2 aromatic carbocycles. The Kier molecular flexibility index (Phi) is 7.51. The fourth-order valence-corrected chi connectivity index (χ4v) is 4.14. The zero-order valence-electron chi connectivity index (χ0n) is 18.8. The largest absolute Gasteiger partial charge is 0.372 e. The zero-order chi connectivity index (χ0) is 21.5. The molecule has 0 aliphatic heterocycles. The minimum Gasteiger partial charge on any atom is -0.372 e. The van der Waals surface area contributed by atoms with Gasteiger partial charge in [-0.05, 0) is 75.6 Å². The second kappa shape index (κ2) is 10.3. The molecule has 30 heavy (non-hydrogen) atoms. The number of hydrogen-bond donors (Lipinski definition) is 0. The highest BCUT2D eigenvalue weighted by Gasteiger charge is 2.21. The number of nitrogens with zero attached hydrogens (tertiary/aromatic N) is 2. The summed E-state index contributed by atoms with van der Waals surface area (Å²) >= 11 is 0. The van der Waals surface area contributed by atoms with Crippen molar-refractivity contribution in [3.05, 3.63) is 70.8 Å². The van der Waals surface area contributed by atoms with E-state index < -0.39 is 0 Å². The first kappa shape index (κ1) is 21.9. The van der Waals surface area contributed by atoms with Gasteiger partial charge in [-0.15, -0.1) is 0 Å². The maximum Gasteiger partial charge on any atom is 0.163 e. The summed E-state index contributed by atoms with van der Waals surface area (Å²) in [6, 6.07) is 17.2. The fraction of sp³-hybridized carbons (Fsp3) is 0.370. The Hall–Kier alpha value is -2.81. The van der Waals surface area contributed by atoms with Gasteiger partial charge in [0.25, 0.3) is 0 Å². The van der Waals surface area contributed by atoms with Gasteiger partial charge in [-0.3, -0.25) is 4.79 Å². The molecule has 1 fully saturated rings. The lowest BCUT2D eigenvalue weighted by Gasteiger charge is -2.20. The van der Waals surface area contributed by atoms with Gasteiger partial charge in [0.2, 0.25) is 0 Å². The fourth-order valence-electron chi connectivity index (χ4n) is 4.14. The van der Waals surface area contributed by atoms with E-state index in [4.69, 9.17) is 0 Å². The van der Waals surface area contributed by atoms with Gasteiger partial charge in [0.15, 0.2) is 5.78 Å². The molecule has 0 saturated heterocycles. The molecule has 0 atom stereocenters. The van der Waals surface area contributed by atoms with E-state index in [1.54, 1.807) is 0 Å². The number of carbonyl (C=O) groups is 1. The number of allylic oxidation sites excluding steroid dienone is 2. The lowest BCUT2D eigenvalue weighted by molar-refractivity contribution is -0.114. The average Bonchev–Trinajstić information content (AvgIpc) is 3.10. The number of rotatable bonds is 8. The van der Waals surface area contributed by atoms with Crippen molar-refractivity contribution in [2.75, 3.05) is 36.0 Å². The van der Waals surface area contributed by atoms with Crippen LogP contribution in [0.15, 0.2) is 59.7 Å². The van der Waals surface area contributed by atoms with E-state index >= 15 is 0 Å². The van der Waals surface area contributed by atoms with E-state index in [0.717, 1.165) is 43.7 Å². The van der Waals surface area contributed by atoms with Crippen molar-refractivity contribution < 1.29 is 4.79 Å². The third-order valence-corrected chi connectivity index (χ3v) is 5.92. The van der Waals surface area contributed by atoms with Crippen LogP contribution in [0.25, 0.3) is 12.2 Å². The summed E-state index contributed by atoms with van der Waals surface area (Å²) in [4.78, 5) is 17.2. The standard InChI is InChI=1S/C27H34N2O/c1-5-28(6-2)25-13-9-21(10-14-25)17-23-19-24(27(30)20-23)18-22-11-15-26(16-12-22)29(7-3)8-4/h9-18H,5-8,19-20H2,1-4H3/b23-17+,24-18+. The highest BCUT2D eigenvalue weighted by atomic mass is 16.1. The van der Waals surface area contributed by atoms with Gasteiger partial charge in [0, 0.05) is 49.5 Å². The van der Waals surface area contributed by atoms with Crippen molar-refractivity contribution >= 4 is 29.3 Å². The van der Waals surface area contributed by atoms with Gasteiger partial charge in [-0.1, -0.05) is 35.9 Å². The van der Waals surface area contributed by atoms with E-state index in [-0.39, 0.29) is 5.78 Å². The Morgan fingerprint density at radius 2 is 1.10 bits per heavy atom. The number of hydrogen-bond acceptors (Lipinski definition) is 3. The zero-order valence-corrected chi connectivity index (χ0v) is 18.8. The quantitative estimate of drug-likeness (QED) is 0.491. The summed E-state index contributed by atoms with van der Waals surface area (Å²) in [5.74, 6) is 0.244. The molecule has 0 amide bonds. The Labute approximate surface area is 181 Å². The Morgan fingerprint density at radius 3 is 1.53 bits per heavy atom. The molecule has 0 spiro atoms. The van der Waals surface area contributed by atoms with Crippen molar-refractivity contribution in [2.24, 2.45) is 0 Å². The minimum absolute atomic E-state index is 0.244. The Bertz CT molecular complexity index is 899. The van der Waals surface area contributed by atoms with Crippen molar-refractivity contribution in [1.29, 1.82) is 0 Å². The first-order valence-electron chi connectivity index (χ1n) is 11.2. The maximum atomic E-state index is 12.5. The number of benzene rings is 2. The molecule has 3 rings (SSSR count). The second-order valence-corrected chi connectivity index (χ2v) is 7.78. The molecule has 0 heterocycles. The number of carbonyl (C=O) groups excluding carboxylic acids is 1. The molecular formula is C27H34N2O. The van der Waals surface area contributed by atoms with Gasteiger partial charge in [0.05, 0.1) is 0 Å². The summed E-state index contributed by atoms with van der Waals surface area (Å²) in [7, 11) is 0. The molecule has 0 bridgehead atoms. The first-order chi connectivity index (χ1) is 14.6.